The van der Waals surface area contributed by atoms with Gasteiger partial charge in [-0.15, -0.1) is 0 Å². The Kier molecular flexibility index (Phi) is 4.12. The third-order valence-corrected chi connectivity index (χ3v) is 4.18. The summed E-state index contributed by atoms with van der Waals surface area (Å²) >= 11 is 5.77. The Morgan fingerprint density at radius 2 is 1.68 bits per heavy atom. The van der Waals surface area contributed by atoms with Crippen molar-refractivity contribution in [2.24, 2.45) is 0 Å². The molecule has 0 aliphatic heterocycles. The van der Waals surface area contributed by atoms with Gasteiger partial charge in [-0.05, 0) is 36.2 Å². The van der Waals surface area contributed by atoms with Crippen molar-refractivity contribution in [2.75, 3.05) is 4.72 Å². The molecule has 0 bridgehead atoms. The molecule has 2 aromatic rings. The predicted octanol–water partition coefficient (Wildman–Crippen LogP) is 3.59. The van der Waals surface area contributed by atoms with Crippen LogP contribution in [0.2, 0.25) is 5.02 Å². The number of para-hydroxylation sites is 1. The number of hydrogen-bond acceptors (Lipinski definition) is 2. The molecule has 0 atom stereocenters. The molecule has 0 saturated carbocycles. The van der Waals surface area contributed by atoms with Crippen LogP contribution >= 0.6 is 11.6 Å². The Bertz CT molecular complexity index is 666. The minimum absolute atomic E-state index is 0.0709. The van der Waals surface area contributed by atoms with Crippen molar-refractivity contribution in [3.05, 3.63) is 64.7 Å². The van der Waals surface area contributed by atoms with E-state index in [-0.39, 0.29) is 5.75 Å². The lowest BCUT2D eigenvalue weighted by atomic mass is 10.2. The highest BCUT2D eigenvalue weighted by Crippen LogP contribution is 2.17. The highest BCUT2D eigenvalue weighted by atomic mass is 35.5. The Labute approximate surface area is 118 Å². The van der Waals surface area contributed by atoms with Gasteiger partial charge in [0.15, 0.2) is 0 Å². The van der Waals surface area contributed by atoms with Crippen molar-refractivity contribution in [1.82, 2.24) is 0 Å². The summed E-state index contributed by atoms with van der Waals surface area (Å²) in [5.74, 6) is -0.0709. The van der Waals surface area contributed by atoms with Gasteiger partial charge in [0.1, 0.15) is 0 Å². The Morgan fingerprint density at radius 1 is 1.05 bits per heavy atom. The minimum Gasteiger partial charge on any atom is -0.283 e. The molecule has 0 radical (unpaired) electrons. The summed E-state index contributed by atoms with van der Waals surface area (Å²) in [7, 11) is -3.42. The first-order valence-corrected chi connectivity index (χ1v) is 7.80. The van der Waals surface area contributed by atoms with Crippen LogP contribution in [0.1, 0.15) is 11.1 Å². The van der Waals surface area contributed by atoms with Crippen molar-refractivity contribution in [3.8, 4) is 0 Å². The molecule has 2 aromatic carbocycles. The van der Waals surface area contributed by atoms with Gasteiger partial charge in [0.25, 0.3) is 0 Å². The van der Waals surface area contributed by atoms with Crippen molar-refractivity contribution >= 4 is 27.3 Å². The van der Waals surface area contributed by atoms with Gasteiger partial charge in [-0.2, -0.15) is 0 Å². The van der Waals surface area contributed by atoms with Gasteiger partial charge in [-0.3, -0.25) is 4.72 Å². The number of nitrogens with one attached hydrogen (secondary N) is 1. The summed E-state index contributed by atoms with van der Waals surface area (Å²) < 4.78 is 26.7. The largest absolute Gasteiger partial charge is 0.283 e. The molecule has 0 spiro atoms. The van der Waals surface area contributed by atoms with Crippen LogP contribution < -0.4 is 4.72 Å². The van der Waals surface area contributed by atoms with Gasteiger partial charge in [0.2, 0.25) is 10.0 Å². The van der Waals surface area contributed by atoms with E-state index < -0.39 is 10.0 Å². The molecule has 3 nitrogen and oxygen atoms in total. The third kappa shape index (κ3) is 3.98. The van der Waals surface area contributed by atoms with Crippen LogP contribution in [0, 0.1) is 6.92 Å². The quantitative estimate of drug-likeness (QED) is 0.937. The molecule has 100 valence electrons. The number of sulfonamides is 1. The van der Waals surface area contributed by atoms with Gasteiger partial charge >= 0.3 is 0 Å². The van der Waals surface area contributed by atoms with E-state index in [2.05, 4.69) is 4.72 Å². The van der Waals surface area contributed by atoms with Gasteiger partial charge in [-0.25, -0.2) is 8.42 Å². The smallest absolute Gasteiger partial charge is 0.236 e. The lowest BCUT2D eigenvalue weighted by Gasteiger charge is -2.10. The summed E-state index contributed by atoms with van der Waals surface area (Å²) in [5, 5.41) is 0.591. The fraction of sp³-hybridized carbons (Fsp3) is 0.143. The zero-order valence-electron chi connectivity index (χ0n) is 10.4. The molecule has 0 saturated heterocycles. The molecule has 0 aromatic heterocycles. The zero-order chi connectivity index (χ0) is 13.9. The number of halogens is 1. The molecule has 19 heavy (non-hydrogen) atoms. The molecular weight excluding hydrogens is 282 g/mol. The van der Waals surface area contributed by atoms with E-state index in [1.807, 2.05) is 19.1 Å². The van der Waals surface area contributed by atoms with Crippen molar-refractivity contribution in [1.29, 1.82) is 0 Å². The molecule has 0 unspecified atom stereocenters. The second-order valence-electron chi connectivity index (χ2n) is 4.30. The average molecular weight is 296 g/mol. The van der Waals surface area contributed by atoms with Crippen LogP contribution in [0.3, 0.4) is 0 Å². The lowest BCUT2D eigenvalue weighted by molar-refractivity contribution is 0.600. The highest BCUT2D eigenvalue weighted by Gasteiger charge is 2.12. The Morgan fingerprint density at radius 3 is 2.32 bits per heavy atom. The standard InChI is InChI=1S/C14H14ClNO2S/c1-11-4-2-3-5-14(11)16-19(17,18)10-12-6-8-13(15)9-7-12/h2-9,16H,10H2,1H3. The first-order valence-electron chi connectivity index (χ1n) is 5.77. The third-order valence-electron chi connectivity index (χ3n) is 2.68. The summed E-state index contributed by atoms with van der Waals surface area (Å²) in [4.78, 5) is 0. The molecule has 0 aliphatic carbocycles. The van der Waals surface area contributed by atoms with Gasteiger partial charge < -0.3 is 0 Å². The summed E-state index contributed by atoms with van der Waals surface area (Å²) in [6.45, 7) is 1.86. The van der Waals surface area contributed by atoms with E-state index in [4.69, 9.17) is 11.6 Å². The van der Waals surface area contributed by atoms with Crippen LogP contribution in [0.15, 0.2) is 48.5 Å². The van der Waals surface area contributed by atoms with Crippen LogP contribution in [-0.2, 0) is 15.8 Å². The highest BCUT2D eigenvalue weighted by molar-refractivity contribution is 7.91. The minimum atomic E-state index is -3.42. The molecule has 2 rings (SSSR count). The maximum atomic E-state index is 12.1. The van der Waals surface area contributed by atoms with E-state index in [0.29, 0.717) is 16.3 Å². The van der Waals surface area contributed by atoms with Gasteiger partial charge in [0, 0.05) is 5.02 Å². The zero-order valence-corrected chi connectivity index (χ0v) is 12.0. The number of hydrogen-bond donors (Lipinski definition) is 1. The predicted molar refractivity (Wildman–Crippen MR) is 78.9 cm³/mol. The second-order valence-corrected chi connectivity index (χ2v) is 6.46. The molecule has 1 N–H and O–H groups in total. The van der Waals surface area contributed by atoms with E-state index in [9.17, 15) is 8.42 Å². The number of rotatable bonds is 4. The normalized spacial score (nSPS) is 11.3. The number of aryl methyl sites for hydroxylation is 1. The van der Waals surface area contributed by atoms with Crippen molar-refractivity contribution in [3.63, 3.8) is 0 Å². The van der Waals surface area contributed by atoms with Crippen LogP contribution in [0.5, 0.6) is 0 Å². The maximum absolute atomic E-state index is 12.1. The molecule has 5 heteroatoms. The van der Waals surface area contributed by atoms with Crippen LogP contribution in [0.4, 0.5) is 5.69 Å². The van der Waals surface area contributed by atoms with Crippen LogP contribution in [0.25, 0.3) is 0 Å². The van der Waals surface area contributed by atoms with Crippen LogP contribution in [-0.4, -0.2) is 8.42 Å². The number of anilines is 1. The summed E-state index contributed by atoms with van der Waals surface area (Å²) in [6.07, 6.45) is 0. The fourth-order valence-electron chi connectivity index (χ4n) is 1.69. The average Bonchev–Trinajstić information content (AvgIpc) is 2.35. The number of benzene rings is 2. The topological polar surface area (TPSA) is 46.2 Å². The van der Waals surface area contributed by atoms with Gasteiger partial charge in [-0.1, -0.05) is 41.9 Å². The summed E-state index contributed by atoms with van der Waals surface area (Å²) in [6, 6.07) is 14.0. The van der Waals surface area contributed by atoms with E-state index >= 15 is 0 Å². The first-order chi connectivity index (χ1) is 8.96. The van der Waals surface area contributed by atoms with E-state index in [0.717, 1.165) is 5.56 Å². The molecule has 0 aliphatic rings. The maximum Gasteiger partial charge on any atom is 0.236 e. The summed E-state index contributed by atoms with van der Waals surface area (Å²) in [5.41, 5.74) is 2.20. The molecule has 0 amide bonds. The Hall–Kier alpha value is -1.52. The second kappa shape index (κ2) is 5.63. The van der Waals surface area contributed by atoms with E-state index in [1.165, 1.54) is 0 Å². The Balaban J connectivity index is 2.15. The molecule has 0 heterocycles. The lowest BCUT2D eigenvalue weighted by Crippen LogP contribution is -2.15. The van der Waals surface area contributed by atoms with E-state index in [1.54, 1.807) is 36.4 Å². The van der Waals surface area contributed by atoms with Crippen molar-refractivity contribution in [2.45, 2.75) is 12.7 Å². The first kappa shape index (κ1) is 13.9. The molecule has 0 fully saturated rings. The molecular formula is C14H14ClNO2S. The SMILES string of the molecule is Cc1ccccc1NS(=O)(=O)Cc1ccc(Cl)cc1. The van der Waals surface area contributed by atoms with Crippen molar-refractivity contribution < 1.29 is 8.42 Å². The van der Waals surface area contributed by atoms with Gasteiger partial charge in [0.05, 0.1) is 11.4 Å². The monoisotopic (exact) mass is 295 g/mol. The fourth-order valence-corrected chi connectivity index (χ4v) is 3.08.